The molecule has 0 radical (unpaired) electrons. The van der Waals surface area contributed by atoms with Crippen LogP contribution in [0.1, 0.15) is 24.2 Å². The van der Waals surface area contributed by atoms with Crippen molar-refractivity contribution in [2.75, 3.05) is 5.75 Å². The summed E-state index contributed by atoms with van der Waals surface area (Å²) in [5, 5.41) is -0.0505. The van der Waals surface area contributed by atoms with Gasteiger partial charge in [-0.15, -0.1) is 0 Å². The van der Waals surface area contributed by atoms with Gasteiger partial charge in [-0.3, -0.25) is 4.79 Å². The minimum Gasteiger partial charge on any atom is -0.293 e. The van der Waals surface area contributed by atoms with Crippen LogP contribution in [0.2, 0.25) is 0 Å². The van der Waals surface area contributed by atoms with Gasteiger partial charge >= 0.3 is 0 Å². The second-order valence-electron chi connectivity index (χ2n) is 2.97. The third-order valence-electron chi connectivity index (χ3n) is 1.91. The van der Waals surface area contributed by atoms with E-state index >= 15 is 0 Å². The molecule has 0 aliphatic heterocycles. The largest absolute Gasteiger partial charge is 0.293 e. The number of thioether (sulfide) groups is 1. The highest BCUT2D eigenvalue weighted by molar-refractivity contribution is 8.00. The summed E-state index contributed by atoms with van der Waals surface area (Å²) in [6.45, 7) is 3.89. The summed E-state index contributed by atoms with van der Waals surface area (Å²) in [6.07, 6.45) is 0. The Morgan fingerprint density at radius 1 is 1.43 bits per heavy atom. The monoisotopic (exact) mass is 212 g/mol. The lowest BCUT2D eigenvalue weighted by Gasteiger charge is -2.08. The van der Waals surface area contributed by atoms with Gasteiger partial charge in [0.05, 0.1) is 5.25 Å². The number of rotatable bonds is 4. The molecule has 0 N–H and O–H groups in total. The van der Waals surface area contributed by atoms with E-state index < -0.39 is 0 Å². The van der Waals surface area contributed by atoms with E-state index in [4.69, 9.17) is 0 Å². The lowest BCUT2D eigenvalue weighted by atomic mass is 10.1. The van der Waals surface area contributed by atoms with E-state index in [1.165, 1.54) is 24.3 Å². The van der Waals surface area contributed by atoms with Gasteiger partial charge in [-0.1, -0.05) is 6.92 Å². The number of hydrogen-bond acceptors (Lipinski definition) is 2. The number of Topliss-reactive ketones (excluding diaryl/α,β-unsaturated/α-hetero) is 1. The molecule has 0 spiro atoms. The fourth-order valence-corrected chi connectivity index (χ4v) is 1.96. The van der Waals surface area contributed by atoms with Crippen molar-refractivity contribution in [1.82, 2.24) is 0 Å². The summed E-state index contributed by atoms with van der Waals surface area (Å²) in [6, 6.07) is 5.70. The van der Waals surface area contributed by atoms with Crippen molar-refractivity contribution in [2.24, 2.45) is 0 Å². The molecule has 0 saturated carbocycles. The molecule has 76 valence electrons. The first kappa shape index (κ1) is 11.2. The minimum atomic E-state index is -0.308. The van der Waals surface area contributed by atoms with Crippen molar-refractivity contribution in [1.29, 1.82) is 0 Å². The molecule has 0 aliphatic carbocycles. The zero-order chi connectivity index (χ0) is 10.6. The van der Waals surface area contributed by atoms with Crippen LogP contribution in [-0.2, 0) is 0 Å². The SMILES string of the molecule is CCSC(C)C(=O)c1ccc(F)cc1. The van der Waals surface area contributed by atoms with Crippen LogP contribution < -0.4 is 0 Å². The van der Waals surface area contributed by atoms with E-state index in [1.54, 1.807) is 11.8 Å². The normalized spacial score (nSPS) is 12.5. The van der Waals surface area contributed by atoms with E-state index in [0.717, 1.165) is 5.75 Å². The first-order valence-corrected chi connectivity index (χ1v) is 5.61. The molecule has 1 rings (SSSR count). The molecule has 0 aliphatic rings. The Balaban J connectivity index is 2.74. The van der Waals surface area contributed by atoms with Crippen molar-refractivity contribution in [3.8, 4) is 0 Å². The Labute approximate surface area is 87.7 Å². The zero-order valence-corrected chi connectivity index (χ0v) is 9.10. The highest BCUT2D eigenvalue weighted by atomic mass is 32.2. The highest BCUT2D eigenvalue weighted by Crippen LogP contribution is 2.15. The quantitative estimate of drug-likeness (QED) is 0.713. The fourth-order valence-electron chi connectivity index (χ4n) is 1.17. The number of benzene rings is 1. The van der Waals surface area contributed by atoms with Crippen LogP contribution >= 0.6 is 11.8 Å². The average Bonchev–Trinajstić information content (AvgIpc) is 2.18. The van der Waals surface area contributed by atoms with Crippen LogP contribution in [0.4, 0.5) is 4.39 Å². The van der Waals surface area contributed by atoms with Crippen molar-refractivity contribution in [3.63, 3.8) is 0 Å². The molecule has 0 heterocycles. The summed E-state index contributed by atoms with van der Waals surface area (Å²) in [7, 11) is 0. The molecule has 3 heteroatoms. The summed E-state index contributed by atoms with van der Waals surface area (Å²) < 4.78 is 12.6. The second-order valence-corrected chi connectivity index (χ2v) is 4.59. The molecule has 14 heavy (non-hydrogen) atoms. The molecule has 1 nitrogen and oxygen atoms in total. The molecule has 0 fully saturated rings. The van der Waals surface area contributed by atoms with Gasteiger partial charge in [-0.2, -0.15) is 11.8 Å². The predicted octanol–water partition coefficient (Wildman–Crippen LogP) is 3.15. The summed E-state index contributed by atoms with van der Waals surface area (Å²) in [4.78, 5) is 11.7. The Kier molecular flexibility index (Phi) is 4.14. The van der Waals surface area contributed by atoms with Crippen molar-refractivity contribution in [2.45, 2.75) is 19.1 Å². The lowest BCUT2D eigenvalue weighted by Crippen LogP contribution is -2.13. The summed E-state index contributed by atoms with van der Waals surface area (Å²) in [5.74, 6) is 0.669. The van der Waals surface area contributed by atoms with Crippen molar-refractivity contribution >= 4 is 17.5 Å². The number of carbonyl (C=O) groups excluding carboxylic acids is 1. The van der Waals surface area contributed by atoms with Crippen LogP contribution in [0, 0.1) is 5.82 Å². The van der Waals surface area contributed by atoms with Crippen LogP contribution in [0.25, 0.3) is 0 Å². The molecule has 0 aromatic heterocycles. The molecule has 1 atom stereocenters. The lowest BCUT2D eigenvalue weighted by molar-refractivity contribution is 0.0994. The van der Waals surface area contributed by atoms with E-state index in [1.807, 2.05) is 13.8 Å². The molecule has 0 saturated heterocycles. The minimum absolute atomic E-state index is 0.0505. The molecular weight excluding hydrogens is 199 g/mol. The standard InChI is InChI=1S/C11H13FOS/c1-3-14-8(2)11(13)9-4-6-10(12)7-5-9/h4-8H,3H2,1-2H3. The predicted molar refractivity (Wildman–Crippen MR) is 58.3 cm³/mol. The van der Waals surface area contributed by atoms with Gasteiger partial charge in [-0.25, -0.2) is 4.39 Å². The van der Waals surface area contributed by atoms with Crippen molar-refractivity contribution in [3.05, 3.63) is 35.6 Å². The smallest absolute Gasteiger partial charge is 0.175 e. The zero-order valence-electron chi connectivity index (χ0n) is 8.29. The number of carbonyl (C=O) groups is 1. The third kappa shape index (κ3) is 2.84. The molecule has 1 aromatic carbocycles. The molecule has 0 bridgehead atoms. The van der Waals surface area contributed by atoms with Crippen LogP contribution in [0.5, 0.6) is 0 Å². The second kappa shape index (κ2) is 5.15. The van der Waals surface area contributed by atoms with E-state index in [2.05, 4.69) is 0 Å². The average molecular weight is 212 g/mol. The maximum atomic E-state index is 12.6. The Hall–Kier alpha value is -0.830. The molecule has 1 aromatic rings. The third-order valence-corrected chi connectivity index (χ3v) is 2.96. The Morgan fingerprint density at radius 3 is 2.50 bits per heavy atom. The number of hydrogen-bond donors (Lipinski definition) is 0. The van der Waals surface area contributed by atoms with Gasteiger partial charge in [0.1, 0.15) is 5.82 Å². The maximum Gasteiger partial charge on any atom is 0.175 e. The van der Waals surface area contributed by atoms with Gasteiger partial charge in [-0.05, 0) is 36.9 Å². The summed E-state index contributed by atoms with van der Waals surface area (Å²) >= 11 is 1.60. The van der Waals surface area contributed by atoms with Gasteiger partial charge in [0.15, 0.2) is 5.78 Å². The fraction of sp³-hybridized carbons (Fsp3) is 0.364. The van der Waals surface area contributed by atoms with Crippen LogP contribution in [0.15, 0.2) is 24.3 Å². The van der Waals surface area contributed by atoms with E-state index in [9.17, 15) is 9.18 Å². The number of halogens is 1. The topological polar surface area (TPSA) is 17.1 Å². The van der Waals surface area contributed by atoms with Crippen molar-refractivity contribution < 1.29 is 9.18 Å². The first-order valence-electron chi connectivity index (χ1n) is 4.56. The highest BCUT2D eigenvalue weighted by Gasteiger charge is 2.14. The Bertz CT molecular complexity index is 308. The Morgan fingerprint density at radius 2 is 2.00 bits per heavy atom. The van der Waals surface area contributed by atoms with E-state index in [-0.39, 0.29) is 16.9 Å². The summed E-state index contributed by atoms with van der Waals surface area (Å²) in [5.41, 5.74) is 0.583. The van der Waals surface area contributed by atoms with Gasteiger partial charge in [0, 0.05) is 5.56 Å². The van der Waals surface area contributed by atoms with Gasteiger partial charge < -0.3 is 0 Å². The van der Waals surface area contributed by atoms with Gasteiger partial charge in [0.2, 0.25) is 0 Å². The maximum absolute atomic E-state index is 12.6. The first-order chi connectivity index (χ1) is 6.65. The van der Waals surface area contributed by atoms with Gasteiger partial charge in [0.25, 0.3) is 0 Å². The molecule has 0 amide bonds. The molecule has 1 unspecified atom stereocenters. The van der Waals surface area contributed by atoms with Crippen LogP contribution in [-0.4, -0.2) is 16.8 Å². The van der Waals surface area contributed by atoms with Crippen LogP contribution in [0.3, 0.4) is 0 Å². The van der Waals surface area contributed by atoms with E-state index in [0.29, 0.717) is 5.56 Å². The molecular formula is C11H13FOS. The number of ketones is 1.